The molecule has 0 radical (unpaired) electrons. The number of phenolic OH excluding ortho intramolecular Hbond substituents is 2. The summed E-state index contributed by atoms with van der Waals surface area (Å²) in [5.74, 6) is -1.11. The van der Waals surface area contributed by atoms with Crippen LogP contribution in [0.3, 0.4) is 0 Å². The number of rotatable bonds is 8. The number of ketones is 1. The molecule has 1 fully saturated rings. The molecule has 0 amide bonds. The Morgan fingerprint density at radius 2 is 1.85 bits per heavy atom. The summed E-state index contributed by atoms with van der Waals surface area (Å²) in [6.45, 7) is 2.91. The molecule has 174 valence electrons. The number of carbonyl (C=O) groups is 1. The highest BCUT2D eigenvalue weighted by Crippen LogP contribution is 2.36. The number of Topliss-reactive ketones (excluding diaryl/α,β-unsaturated/α-hetero) is 1. The van der Waals surface area contributed by atoms with Crippen molar-refractivity contribution in [1.82, 2.24) is 9.80 Å². The molecule has 1 atom stereocenters. The van der Waals surface area contributed by atoms with E-state index in [0.29, 0.717) is 26.2 Å². The second-order valence-corrected chi connectivity index (χ2v) is 8.01. The maximum absolute atomic E-state index is 12.7. The van der Waals surface area contributed by atoms with Crippen LogP contribution in [0.1, 0.15) is 15.9 Å². The van der Waals surface area contributed by atoms with Gasteiger partial charge in [-0.3, -0.25) is 24.7 Å². The fraction of sp³-hybridized carbons (Fsp3) is 0.348. The second kappa shape index (κ2) is 9.88. The van der Waals surface area contributed by atoms with Crippen molar-refractivity contribution < 1.29 is 29.4 Å². The number of hydrogen-bond donors (Lipinski definition) is 2. The lowest BCUT2D eigenvalue weighted by molar-refractivity contribution is -0.386. The number of benzene rings is 2. The van der Waals surface area contributed by atoms with E-state index >= 15 is 0 Å². The van der Waals surface area contributed by atoms with E-state index in [2.05, 4.69) is 17.0 Å². The van der Waals surface area contributed by atoms with Crippen LogP contribution in [0, 0.1) is 10.1 Å². The van der Waals surface area contributed by atoms with Crippen LogP contribution in [0.5, 0.6) is 11.5 Å². The van der Waals surface area contributed by atoms with Crippen molar-refractivity contribution in [2.45, 2.75) is 12.5 Å². The van der Waals surface area contributed by atoms with Crippen LogP contribution in [0.15, 0.2) is 54.5 Å². The molecule has 2 aliphatic heterocycles. The van der Waals surface area contributed by atoms with Crippen LogP contribution in [0.25, 0.3) is 0 Å². The average Bonchev–Trinajstić information content (AvgIpc) is 3.35. The molecule has 0 saturated carbocycles. The van der Waals surface area contributed by atoms with Gasteiger partial charge in [0.15, 0.2) is 17.3 Å². The summed E-state index contributed by atoms with van der Waals surface area (Å²) in [5.41, 5.74) is 0.479. The Morgan fingerprint density at radius 1 is 1.12 bits per heavy atom. The summed E-state index contributed by atoms with van der Waals surface area (Å²) in [5, 5.41) is 30.4. The molecular weight excluding hydrogens is 430 g/mol. The highest BCUT2D eigenvalue weighted by molar-refractivity contribution is 5.99. The third-order valence-electron chi connectivity index (χ3n) is 5.90. The summed E-state index contributed by atoms with van der Waals surface area (Å²) >= 11 is 0. The molecule has 0 bridgehead atoms. The van der Waals surface area contributed by atoms with E-state index in [9.17, 15) is 25.1 Å². The van der Waals surface area contributed by atoms with Crippen molar-refractivity contribution in [3.63, 3.8) is 0 Å². The fourth-order valence-corrected chi connectivity index (χ4v) is 4.11. The third kappa shape index (κ3) is 5.24. The number of ether oxygens (including phenoxy) is 2. The number of piperazine rings is 1. The topological polar surface area (TPSA) is 126 Å². The van der Waals surface area contributed by atoms with Crippen molar-refractivity contribution in [2.75, 3.05) is 39.5 Å². The molecule has 10 heteroatoms. The van der Waals surface area contributed by atoms with Crippen molar-refractivity contribution >= 4 is 11.5 Å². The Kier molecular flexibility index (Phi) is 6.76. The third-order valence-corrected chi connectivity index (χ3v) is 5.90. The minimum Gasteiger partial charge on any atom is -0.504 e. The number of phenols is 2. The zero-order valence-electron chi connectivity index (χ0n) is 17.9. The number of aromatic hydroxyl groups is 2. The molecule has 0 aromatic heterocycles. The molecule has 2 heterocycles. The Balaban J connectivity index is 1.39. The first-order valence-electron chi connectivity index (χ1n) is 10.6. The molecule has 2 aromatic carbocycles. The van der Waals surface area contributed by atoms with E-state index in [1.54, 1.807) is 6.26 Å². The number of carbonyl (C=O) groups excluding carboxylic acids is 1. The molecular formula is C23H25N3O7. The van der Waals surface area contributed by atoms with E-state index in [4.69, 9.17) is 9.47 Å². The van der Waals surface area contributed by atoms with E-state index in [0.717, 1.165) is 24.3 Å². The Hall–Kier alpha value is -3.63. The maximum atomic E-state index is 12.7. The van der Waals surface area contributed by atoms with Gasteiger partial charge in [-0.25, -0.2) is 0 Å². The Labute approximate surface area is 190 Å². The molecule has 2 N–H and O–H groups in total. The Bertz CT molecular complexity index is 1050. The van der Waals surface area contributed by atoms with E-state index < -0.39 is 22.1 Å². The first-order valence-corrected chi connectivity index (χ1v) is 10.6. The summed E-state index contributed by atoms with van der Waals surface area (Å²) in [4.78, 5) is 27.2. The highest BCUT2D eigenvalue weighted by Gasteiger charge is 2.31. The van der Waals surface area contributed by atoms with Gasteiger partial charge in [-0.1, -0.05) is 30.3 Å². The Morgan fingerprint density at radius 3 is 2.48 bits per heavy atom. The molecule has 4 rings (SSSR count). The summed E-state index contributed by atoms with van der Waals surface area (Å²) in [6.07, 6.45) is 2.43. The molecule has 10 nitrogen and oxygen atoms in total. The monoisotopic (exact) mass is 455 g/mol. The van der Waals surface area contributed by atoms with Gasteiger partial charge in [-0.15, -0.1) is 0 Å². The predicted octanol–water partition coefficient (Wildman–Crippen LogP) is 2.26. The lowest BCUT2D eigenvalue weighted by Gasteiger charge is -2.39. The predicted molar refractivity (Wildman–Crippen MR) is 118 cm³/mol. The molecule has 0 spiro atoms. The van der Waals surface area contributed by atoms with Gasteiger partial charge in [0.25, 0.3) is 0 Å². The van der Waals surface area contributed by atoms with Crippen LogP contribution in [-0.4, -0.2) is 76.3 Å². The molecule has 33 heavy (non-hydrogen) atoms. The smallest absolute Gasteiger partial charge is 0.315 e. The van der Waals surface area contributed by atoms with Gasteiger partial charge in [-0.05, 0) is 18.1 Å². The standard InChI is InChI=1S/C23H25N3O7/c27-20-12-17(11-19(23(20)29)26(30)31)21(28)13-24-6-8-25(9-7-24)18(22-14-32-15-33-22)10-16-4-2-1-3-5-16/h1-5,11-12,14,18,27,29H,6-10,13,15H2. The van der Waals surface area contributed by atoms with Crippen molar-refractivity contribution in [2.24, 2.45) is 0 Å². The minimum absolute atomic E-state index is 0.0111. The molecule has 2 aliphatic rings. The average molecular weight is 455 g/mol. The number of nitro groups is 1. The zero-order chi connectivity index (χ0) is 23.4. The largest absolute Gasteiger partial charge is 0.504 e. The minimum atomic E-state index is -0.845. The second-order valence-electron chi connectivity index (χ2n) is 8.01. The van der Waals surface area contributed by atoms with Crippen LogP contribution >= 0.6 is 0 Å². The number of hydrogen-bond acceptors (Lipinski definition) is 9. The first kappa shape index (κ1) is 22.6. The van der Waals surface area contributed by atoms with Crippen molar-refractivity contribution in [3.05, 3.63) is 75.7 Å². The quantitative estimate of drug-likeness (QED) is 0.267. The van der Waals surface area contributed by atoms with Crippen LogP contribution in [-0.2, 0) is 15.9 Å². The SMILES string of the molecule is O=C(CN1CCN(C(Cc2ccccc2)C2=COCO2)CC1)c1cc(O)c(O)c([N+](=O)[O-])c1. The lowest BCUT2D eigenvalue weighted by atomic mass is 10.0. The molecule has 1 unspecified atom stereocenters. The van der Waals surface area contributed by atoms with Gasteiger partial charge < -0.3 is 19.7 Å². The zero-order valence-corrected chi connectivity index (χ0v) is 17.9. The van der Waals surface area contributed by atoms with Crippen molar-refractivity contribution in [3.8, 4) is 11.5 Å². The number of nitrogens with zero attached hydrogens (tertiary/aromatic N) is 3. The first-order chi connectivity index (χ1) is 15.9. The molecule has 0 aliphatic carbocycles. The maximum Gasteiger partial charge on any atom is 0.315 e. The van der Waals surface area contributed by atoms with Crippen LogP contribution in [0.2, 0.25) is 0 Å². The summed E-state index contributed by atoms with van der Waals surface area (Å²) in [7, 11) is 0. The molecule has 1 saturated heterocycles. The lowest BCUT2D eigenvalue weighted by Crippen LogP contribution is -2.52. The van der Waals surface area contributed by atoms with Gasteiger partial charge in [0.2, 0.25) is 12.5 Å². The van der Waals surface area contributed by atoms with Gasteiger partial charge in [-0.2, -0.15) is 0 Å². The van der Waals surface area contributed by atoms with Gasteiger partial charge in [0.05, 0.1) is 17.5 Å². The van der Waals surface area contributed by atoms with E-state index in [1.165, 1.54) is 5.56 Å². The summed E-state index contributed by atoms with van der Waals surface area (Å²) in [6, 6.07) is 12.2. The van der Waals surface area contributed by atoms with Crippen molar-refractivity contribution in [1.29, 1.82) is 0 Å². The normalized spacial score (nSPS) is 17.6. The van der Waals surface area contributed by atoms with Gasteiger partial charge in [0.1, 0.15) is 6.26 Å². The van der Waals surface area contributed by atoms with E-state index in [1.807, 2.05) is 23.1 Å². The van der Waals surface area contributed by atoms with Crippen LogP contribution < -0.4 is 0 Å². The van der Waals surface area contributed by atoms with Gasteiger partial charge >= 0.3 is 5.69 Å². The highest BCUT2D eigenvalue weighted by atomic mass is 16.7. The summed E-state index contributed by atoms with van der Waals surface area (Å²) < 4.78 is 11.0. The molecule has 2 aromatic rings. The van der Waals surface area contributed by atoms with E-state index in [-0.39, 0.29) is 30.7 Å². The van der Waals surface area contributed by atoms with Gasteiger partial charge in [0, 0.05) is 37.8 Å². The fourth-order valence-electron chi connectivity index (χ4n) is 4.11. The number of nitro benzene ring substituents is 1. The van der Waals surface area contributed by atoms with Crippen LogP contribution in [0.4, 0.5) is 5.69 Å².